The second-order valence-corrected chi connectivity index (χ2v) is 5.82. The van der Waals surface area contributed by atoms with Crippen molar-refractivity contribution in [1.82, 2.24) is 14.8 Å². The molecule has 0 atom stereocenters. The highest BCUT2D eigenvalue weighted by Gasteiger charge is 2.15. The Morgan fingerprint density at radius 3 is 2.75 bits per heavy atom. The minimum atomic E-state index is -0.0307. The number of carbonyl (C=O) groups is 1. The molecule has 1 aliphatic rings. The fourth-order valence-corrected chi connectivity index (χ4v) is 2.71. The molecule has 1 fully saturated rings. The Kier molecular flexibility index (Phi) is 5.06. The molecule has 2 heterocycles. The first kappa shape index (κ1) is 14.9. The molecule has 0 radical (unpaired) electrons. The van der Waals surface area contributed by atoms with Gasteiger partial charge in [0.2, 0.25) is 0 Å². The second-order valence-electron chi connectivity index (χ2n) is 5.82. The monoisotopic (exact) mass is 278 g/mol. The molecule has 0 unspecified atom stereocenters. The van der Waals surface area contributed by atoms with Crippen LogP contribution in [-0.4, -0.2) is 41.6 Å². The van der Waals surface area contributed by atoms with Crippen LogP contribution in [-0.2, 0) is 0 Å². The van der Waals surface area contributed by atoms with Gasteiger partial charge in [0.25, 0.3) is 5.91 Å². The molecule has 0 saturated carbocycles. The fourth-order valence-electron chi connectivity index (χ4n) is 2.71. The second kappa shape index (κ2) is 6.79. The number of hydrogen-bond acceptors (Lipinski definition) is 3. The van der Waals surface area contributed by atoms with Crippen LogP contribution in [0.3, 0.4) is 0 Å². The fraction of sp³-hybridized carbons (Fsp3) is 0.667. The number of likely N-dealkylation sites (tertiary alicyclic amines) is 1. The van der Waals surface area contributed by atoms with Crippen LogP contribution in [0.5, 0.6) is 0 Å². The zero-order valence-corrected chi connectivity index (χ0v) is 12.6. The summed E-state index contributed by atoms with van der Waals surface area (Å²) in [6, 6.07) is 1.98. The highest BCUT2D eigenvalue weighted by molar-refractivity contribution is 5.93. The van der Waals surface area contributed by atoms with Crippen LogP contribution < -0.4 is 11.1 Å². The molecule has 3 N–H and O–H groups in total. The van der Waals surface area contributed by atoms with Crippen molar-refractivity contribution in [2.45, 2.75) is 39.2 Å². The number of nitrogens with zero attached hydrogens (tertiary/aromatic N) is 2. The maximum Gasteiger partial charge on any atom is 0.267 e. The third-order valence-corrected chi connectivity index (χ3v) is 3.79. The number of aromatic nitrogens is 1. The molecule has 1 aliphatic heterocycles. The van der Waals surface area contributed by atoms with E-state index in [-0.39, 0.29) is 11.9 Å². The lowest BCUT2D eigenvalue weighted by Crippen LogP contribution is -2.30. The van der Waals surface area contributed by atoms with E-state index in [1.807, 2.05) is 24.6 Å². The molecule has 0 aliphatic carbocycles. The highest BCUT2D eigenvalue weighted by Crippen LogP contribution is 2.16. The molecule has 0 aromatic carbocycles. The van der Waals surface area contributed by atoms with E-state index in [0.29, 0.717) is 11.4 Å². The summed E-state index contributed by atoms with van der Waals surface area (Å²) in [7, 11) is 0. The first-order valence-electron chi connectivity index (χ1n) is 7.56. The van der Waals surface area contributed by atoms with Crippen molar-refractivity contribution in [2.75, 3.05) is 31.9 Å². The largest absolute Gasteiger partial charge is 0.397 e. The molecule has 5 nitrogen and oxygen atoms in total. The molecule has 5 heteroatoms. The predicted molar refractivity (Wildman–Crippen MR) is 81.9 cm³/mol. The third-order valence-electron chi connectivity index (χ3n) is 3.79. The van der Waals surface area contributed by atoms with Crippen LogP contribution in [0.4, 0.5) is 5.69 Å². The van der Waals surface area contributed by atoms with Crippen molar-refractivity contribution < 1.29 is 4.79 Å². The summed E-state index contributed by atoms with van der Waals surface area (Å²) in [5.41, 5.74) is 7.08. The Labute approximate surface area is 121 Å². The number of anilines is 1. The van der Waals surface area contributed by atoms with Crippen LogP contribution in [0.15, 0.2) is 12.3 Å². The maximum atomic E-state index is 12.2. The summed E-state index contributed by atoms with van der Waals surface area (Å²) in [5, 5.41) is 2.99. The molecule has 0 bridgehead atoms. The van der Waals surface area contributed by atoms with E-state index in [2.05, 4.69) is 10.2 Å². The zero-order valence-electron chi connectivity index (χ0n) is 12.6. The van der Waals surface area contributed by atoms with Crippen LogP contribution in [0.2, 0.25) is 0 Å². The molecule has 2 rings (SSSR count). The first-order valence-corrected chi connectivity index (χ1v) is 7.56. The molecule has 1 amide bonds. The normalized spacial score (nSPS) is 15.9. The van der Waals surface area contributed by atoms with Crippen LogP contribution in [0, 0.1) is 0 Å². The SMILES string of the molecule is CC(C)n1cc(N)cc1C(=O)NCCCN1CCCC1. The predicted octanol–water partition coefficient (Wildman–Crippen LogP) is 1.87. The van der Waals surface area contributed by atoms with E-state index in [0.717, 1.165) is 19.5 Å². The van der Waals surface area contributed by atoms with Crippen molar-refractivity contribution in [3.63, 3.8) is 0 Å². The topological polar surface area (TPSA) is 63.3 Å². The van der Waals surface area contributed by atoms with E-state index in [9.17, 15) is 4.79 Å². The molecular weight excluding hydrogens is 252 g/mol. The molecular formula is C15H26N4O. The van der Waals surface area contributed by atoms with Gasteiger partial charge in [-0.15, -0.1) is 0 Å². The molecule has 0 spiro atoms. The number of nitrogen functional groups attached to an aromatic ring is 1. The summed E-state index contributed by atoms with van der Waals surface area (Å²) in [5.74, 6) is -0.0307. The van der Waals surface area contributed by atoms with Crippen molar-refractivity contribution in [3.05, 3.63) is 18.0 Å². The van der Waals surface area contributed by atoms with Gasteiger partial charge in [0, 0.05) is 18.8 Å². The molecule has 112 valence electrons. The van der Waals surface area contributed by atoms with E-state index in [1.165, 1.54) is 25.9 Å². The quantitative estimate of drug-likeness (QED) is 0.781. The summed E-state index contributed by atoms with van der Waals surface area (Å²) >= 11 is 0. The Morgan fingerprint density at radius 1 is 1.40 bits per heavy atom. The molecule has 1 saturated heterocycles. The number of hydrogen-bond donors (Lipinski definition) is 2. The van der Waals surface area contributed by atoms with Gasteiger partial charge in [-0.3, -0.25) is 4.79 Å². The van der Waals surface area contributed by atoms with Gasteiger partial charge in [-0.2, -0.15) is 0 Å². The summed E-state index contributed by atoms with van der Waals surface area (Å²) < 4.78 is 1.92. The van der Waals surface area contributed by atoms with Gasteiger partial charge in [0.15, 0.2) is 0 Å². The average Bonchev–Trinajstić information content (AvgIpc) is 3.03. The van der Waals surface area contributed by atoms with Crippen LogP contribution >= 0.6 is 0 Å². The maximum absolute atomic E-state index is 12.2. The lowest BCUT2D eigenvalue weighted by molar-refractivity contribution is 0.0941. The Hall–Kier alpha value is -1.49. The van der Waals surface area contributed by atoms with Gasteiger partial charge in [0.1, 0.15) is 5.69 Å². The van der Waals surface area contributed by atoms with E-state index < -0.39 is 0 Å². The van der Waals surface area contributed by atoms with Gasteiger partial charge in [-0.05, 0) is 58.8 Å². The lowest BCUT2D eigenvalue weighted by atomic mass is 10.3. The first-order chi connectivity index (χ1) is 9.58. The molecule has 1 aromatic heterocycles. The van der Waals surface area contributed by atoms with Crippen LogP contribution in [0.1, 0.15) is 49.6 Å². The number of amides is 1. The average molecular weight is 278 g/mol. The third kappa shape index (κ3) is 3.76. The van der Waals surface area contributed by atoms with Gasteiger partial charge < -0.3 is 20.5 Å². The standard InChI is InChI=1S/C15H26N4O/c1-12(2)19-11-13(16)10-14(19)15(20)17-6-5-9-18-7-3-4-8-18/h10-12H,3-9,16H2,1-2H3,(H,17,20). The number of rotatable bonds is 6. The summed E-state index contributed by atoms with van der Waals surface area (Å²) in [6.07, 6.45) is 5.45. The minimum Gasteiger partial charge on any atom is -0.397 e. The number of nitrogens with one attached hydrogen (secondary N) is 1. The van der Waals surface area contributed by atoms with Crippen LogP contribution in [0.25, 0.3) is 0 Å². The molecule has 1 aromatic rings. The zero-order chi connectivity index (χ0) is 14.5. The highest BCUT2D eigenvalue weighted by atomic mass is 16.1. The molecule has 20 heavy (non-hydrogen) atoms. The van der Waals surface area contributed by atoms with Gasteiger partial charge >= 0.3 is 0 Å². The number of carbonyl (C=O) groups excluding carboxylic acids is 1. The van der Waals surface area contributed by atoms with E-state index in [1.54, 1.807) is 6.07 Å². The Morgan fingerprint density at radius 2 is 2.10 bits per heavy atom. The van der Waals surface area contributed by atoms with Crippen molar-refractivity contribution >= 4 is 11.6 Å². The summed E-state index contributed by atoms with van der Waals surface area (Å²) in [4.78, 5) is 14.6. The van der Waals surface area contributed by atoms with Gasteiger partial charge in [0.05, 0.1) is 5.69 Å². The lowest BCUT2D eigenvalue weighted by Gasteiger charge is -2.15. The Balaban J connectivity index is 1.79. The van der Waals surface area contributed by atoms with E-state index in [4.69, 9.17) is 5.73 Å². The van der Waals surface area contributed by atoms with Crippen molar-refractivity contribution in [3.8, 4) is 0 Å². The van der Waals surface area contributed by atoms with Gasteiger partial charge in [-0.25, -0.2) is 0 Å². The van der Waals surface area contributed by atoms with E-state index >= 15 is 0 Å². The summed E-state index contributed by atoms with van der Waals surface area (Å²) in [6.45, 7) is 8.31. The van der Waals surface area contributed by atoms with Crippen molar-refractivity contribution in [2.24, 2.45) is 0 Å². The smallest absolute Gasteiger partial charge is 0.267 e. The Bertz CT molecular complexity index is 447. The van der Waals surface area contributed by atoms with Gasteiger partial charge in [-0.1, -0.05) is 0 Å². The minimum absolute atomic E-state index is 0.0307. The number of nitrogens with two attached hydrogens (primary N) is 1. The van der Waals surface area contributed by atoms with Crippen molar-refractivity contribution in [1.29, 1.82) is 0 Å².